The third-order valence-corrected chi connectivity index (χ3v) is 3.85. The normalized spacial score (nSPS) is 14.7. The van der Waals surface area contributed by atoms with Crippen LogP contribution >= 0.6 is 11.6 Å². The van der Waals surface area contributed by atoms with E-state index in [0.717, 1.165) is 37.9 Å². The standard InChI is InChI=1S/C16H23ClN2O/c1-4-5-8-19(13-6-7-13)16(20)12-9-14(11(2)3)18-15(17)10-12/h9-11,13H,4-8H2,1-3H3. The molecule has 4 heteroatoms. The molecule has 1 aromatic rings. The molecule has 0 saturated heterocycles. The molecular weight excluding hydrogens is 272 g/mol. The molecule has 1 amide bonds. The molecule has 2 rings (SSSR count). The molecule has 0 radical (unpaired) electrons. The number of unbranched alkanes of at least 4 members (excludes halogenated alkanes) is 1. The number of amides is 1. The Hall–Kier alpha value is -1.09. The van der Waals surface area contributed by atoms with Gasteiger partial charge in [-0.15, -0.1) is 0 Å². The van der Waals surface area contributed by atoms with Crippen LogP contribution in [-0.2, 0) is 0 Å². The molecule has 1 heterocycles. The number of carbonyl (C=O) groups excluding carboxylic acids is 1. The lowest BCUT2D eigenvalue weighted by atomic mass is 10.1. The summed E-state index contributed by atoms with van der Waals surface area (Å²) < 4.78 is 0. The molecular formula is C16H23ClN2O. The average molecular weight is 295 g/mol. The van der Waals surface area contributed by atoms with E-state index >= 15 is 0 Å². The second-order valence-corrected chi connectivity index (χ2v) is 6.23. The first kappa shape index (κ1) is 15.3. The summed E-state index contributed by atoms with van der Waals surface area (Å²) in [7, 11) is 0. The molecule has 20 heavy (non-hydrogen) atoms. The summed E-state index contributed by atoms with van der Waals surface area (Å²) in [6.07, 6.45) is 4.42. The summed E-state index contributed by atoms with van der Waals surface area (Å²) in [5.74, 6) is 0.373. The van der Waals surface area contributed by atoms with Gasteiger partial charge in [-0.05, 0) is 37.3 Å². The molecule has 1 aromatic heterocycles. The zero-order chi connectivity index (χ0) is 14.7. The van der Waals surface area contributed by atoms with Crippen molar-refractivity contribution in [3.05, 3.63) is 28.5 Å². The van der Waals surface area contributed by atoms with Crippen molar-refractivity contribution in [2.45, 2.75) is 58.4 Å². The van der Waals surface area contributed by atoms with Crippen LogP contribution in [0.2, 0.25) is 5.15 Å². The van der Waals surface area contributed by atoms with E-state index in [1.165, 1.54) is 0 Å². The van der Waals surface area contributed by atoms with E-state index in [9.17, 15) is 4.79 Å². The first-order chi connectivity index (χ1) is 9.52. The fraction of sp³-hybridized carbons (Fsp3) is 0.625. The van der Waals surface area contributed by atoms with E-state index in [4.69, 9.17) is 11.6 Å². The maximum Gasteiger partial charge on any atom is 0.254 e. The molecule has 3 nitrogen and oxygen atoms in total. The van der Waals surface area contributed by atoms with Gasteiger partial charge in [0.25, 0.3) is 5.91 Å². The summed E-state index contributed by atoms with van der Waals surface area (Å²) in [5.41, 5.74) is 1.56. The van der Waals surface area contributed by atoms with Crippen LogP contribution in [0.1, 0.15) is 68.4 Å². The second kappa shape index (κ2) is 6.57. The van der Waals surface area contributed by atoms with Gasteiger partial charge < -0.3 is 4.90 Å². The summed E-state index contributed by atoms with van der Waals surface area (Å²) >= 11 is 6.06. The maximum atomic E-state index is 12.7. The van der Waals surface area contributed by atoms with Gasteiger partial charge in [0.1, 0.15) is 5.15 Å². The quantitative estimate of drug-likeness (QED) is 0.734. The van der Waals surface area contributed by atoms with Gasteiger partial charge in [-0.3, -0.25) is 4.79 Å². The van der Waals surface area contributed by atoms with Crippen LogP contribution in [0.4, 0.5) is 0 Å². The fourth-order valence-corrected chi connectivity index (χ4v) is 2.48. The minimum Gasteiger partial charge on any atom is -0.336 e. The molecule has 0 aliphatic heterocycles. The maximum absolute atomic E-state index is 12.7. The number of hydrogen-bond acceptors (Lipinski definition) is 2. The Bertz CT molecular complexity index is 483. The van der Waals surface area contributed by atoms with Crippen LogP contribution in [0, 0.1) is 0 Å². The molecule has 0 N–H and O–H groups in total. The van der Waals surface area contributed by atoms with Crippen LogP contribution in [0.25, 0.3) is 0 Å². The Morgan fingerprint density at radius 1 is 1.45 bits per heavy atom. The molecule has 0 spiro atoms. The average Bonchev–Trinajstić information content (AvgIpc) is 3.22. The number of nitrogens with zero attached hydrogens (tertiary/aromatic N) is 2. The minimum absolute atomic E-state index is 0.104. The van der Waals surface area contributed by atoms with Crippen molar-refractivity contribution in [1.29, 1.82) is 0 Å². The van der Waals surface area contributed by atoms with E-state index in [1.54, 1.807) is 6.07 Å². The lowest BCUT2D eigenvalue weighted by molar-refractivity contribution is 0.0740. The lowest BCUT2D eigenvalue weighted by Crippen LogP contribution is -2.34. The number of rotatable bonds is 6. The second-order valence-electron chi connectivity index (χ2n) is 5.84. The highest BCUT2D eigenvalue weighted by atomic mass is 35.5. The molecule has 110 valence electrons. The van der Waals surface area contributed by atoms with Gasteiger partial charge in [0.15, 0.2) is 0 Å². The summed E-state index contributed by atoms with van der Waals surface area (Å²) in [4.78, 5) is 19.0. The Morgan fingerprint density at radius 2 is 2.15 bits per heavy atom. The SMILES string of the molecule is CCCCN(C(=O)c1cc(Cl)nc(C(C)C)c1)C1CC1. The van der Waals surface area contributed by atoms with Gasteiger partial charge >= 0.3 is 0 Å². The molecule has 0 aromatic carbocycles. The predicted octanol–water partition coefficient (Wildman–Crippen LogP) is 4.26. The molecule has 1 fully saturated rings. The monoisotopic (exact) mass is 294 g/mol. The zero-order valence-electron chi connectivity index (χ0n) is 12.5. The van der Waals surface area contributed by atoms with Crippen molar-refractivity contribution in [1.82, 2.24) is 9.88 Å². The number of halogens is 1. The molecule has 0 atom stereocenters. The Kier molecular flexibility index (Phi) is 5.03. The van der Waals surface area contributed by atoms with Crippen LogP contribution in [-0.4, -0.2) is 28.4 Å². The van der Waals surface area contributed by atoms with E-state index in [2.05, 4.69) is 25.8 Å². The Morgan fingerprint density at radius 3 is 2.70 bits per heavy atom. The Balaban J connectivity index is 2.21. The molecule has 0 bridgehead atoms. The lowest BCUT2D eigenvalue weighted by Gasteiger charge is -2.22. The summed E-state index contributed by atoms with van der Waals surface area (Å²) in [6.45, 7) is 7.11. The molecule has 1 saturated carbocycles. The highest BCUT2D eigenvalue weighted by Gasteiger charge is 2.32. The molecule has 1 aliphatic rings. The zero-order valence-corrected chi connectivity index (χ0v) is 13.3. The largest absolute Gasteiger partial charge is 0.336 e. The van der Waals surface area contributed by atoms with Crippen LogP contribution in [0.15, 0.2) is 12.1 Å². The van der Waals surface area contributed by atoms with Crippen molar-refractivity contribution in [3.63, 3.8) is 0 Å². The van der Waals surface area contributed by atoms with Gasteiger partial charge in [-0.1, -0.05) is 38.8 Å². The van der Waals surface area contributed by atoms with Gasteiger partial charge in [0.05, 0.1) is 0 Å². The third kappa shape index (κ3) is 3.72. The van der Waals surface area contributed by atoms with E-state index in [1.807, 2.05) is 11.0 Å². The number of pyridine rings is 1. The topological polar surface area (TPSA) is 33.2 Å². The first-order valence-corrected chi connectivity index (χ1v) is 7.89. The van der Waals surface area contributed by atoms with E-state index in [0.29, 0.717) is 16.8 Å². The highest BCUT2D eigenvalue weighted by Crippen LogP contribution is 2.29. The van der Waals surface area contributed by atoms with Gasteiger partial charge in [-0.2, -0.15) is 0 Å². The molecule has 0 unspecified atom stereocenters. The number of hydrogen-bond donors (Lipinski definition) is 0. The van der Waals surface area contributed by atoms with Gasteiger partial charge in [0.2, 0.25) is 0 Å². The van der Waals surface area contributed by atoms with Crippen LogP contribution < -0.4 is 0 Å². The van der Waals surface area contributed by atoms with E-state index < -0.39 is 0 Å². The summed E-state index contributed by atoms with van der Waals surface area (Å²) in [6, 6.07) is 4.01. The predicted molar refractivity (Wildman–Crippen MR) is 82.3 cm³/mol. The number of carbonyl (C=O) groups is 1. The molecule has 1 aliphatic carbocycles. The van der Waals surface area contributed by atoms with Gasteiger partial charge in [-0.25, -0.2) is 4.98 Å². The third-order valence-electron chi connectivity index (χ3n) is 3.65. The Labute approximate surface area is 126 Å². The van der Waals surface area contributed by atoms with Crippen molar-refractivity contribution in [3.8, 4) is 0 Å². The van der Waals surface area contributed by atoms with Crippen molar-refractivity contribution < 1.29 is 4.79 Å². The minimum atomic E-state index is 0.104. The smallest absolute Gasteiger partial charge is 0.254 e. The van der Waals surface area contributed by atoms with Crippen molar-refractivity contribution in [2.75, 3.05) is 6.54 Å². The fourth-order valence-electron chi connectivity index (χ4n) is 2.27. The highest BCUT2D eigenvalue weighted by molar-refractivity contribution is 6.29. The van der Waals surface area contributed by atoms with Gasteiger partial charge in [0, 0.05) is 23.8 Å². The first-order valence-electron chi connectivity index (χ1n) is 7.51. The summed E-state index contributed by atoms with van der Waals surface area (Å²) in [5, 5.41) is 0.408. The van der Waals surface area contributed by atoms with Crippen LogP contribution in [0.3, 0.4) is 0 Å². The van der Waals surface area contributed by atoms with Crippen molar-refractivity contribution >= 4 is 17.5 Å². The number of aromatic nitrogens is 1. The van der Waals surface area contributed by atoms with E-state index in [-0.39, 0.29) is 11.8 Å². The van der Waals surface area contributed by atoms with Crippen molar-refractivity contribution in [2.24, 2.45) is 0 Å². The van der Waals surface area contributed by atoms with Crippen LogP contribution in [0.5, 0.6) is 0 Å².